The van der Waals surface area contributed by atoms with Gasteiger partial charge in [-0.25, -0.2) is 9.37 Å². The highest BCUT2D eigenvalue weighted by Gasteiger charge is 2.15. The van der Waals surface area contributed by atoms with E-state index in [0.717, 1.165) is 37.3 Å². The molecule has 0 radical (unpaired) electrons. The normalized spacial score (nSPS) is 12.5. The Labute approximate surface area is 125 Å². The van der Waals surface area contributed by atoms with E-state index in [9.17, 15) is 4.39 Å². The summed E-state index contributed by atoms with van der Waals surface area (Å²) in [6, 6.07) is 6.98. The third-order valence-electron chi connectivity index (χ3n) is 3.56. The first-order valence-electron chi connectivity index (χ1n) is 7.49. The minimum absolute atomic E-state index is 0.131. The third kappa shape index (κ3) is 4.36. The first-order chi connectivity index (χ1) is 10.2. The van der Waals surface area contributed by atoms with Crippen LogP contribution < -0.4 is 5.32 Å². The largest absolute Gasteiger partial charge is 0.319 e. The summed E-state index contributed by atoms with van der Waals surface area (Å²) in [6.07, 6.45) is 4.13. The number of nitrogens with zero attached hydrogens (tertiary/aromatic N) is 3. The van der Waals surface area contributed by atoms with Crippen molar-refractivity contribution in [2.45, 2.75) is 32.7 Å². The van der Waals surface area contributed by atoms with E-state index in [1.807, 2.05) is 23.9 Å². The van der Waals surface area contributed by atoms with Gasteiger partial charge in [-0.1, -0.05) is 25.1 Å². The van der Waals surface area contributed by atoms with Crippen LogP contribution in [-0.2, 0) is 19.4 Å². The predicted octanol–water partition coefficient (Wildman–Crippen LogP) is 2.45. The first-order valence-corrected chi connectivity index (χ1v) is 7.49. The Morgan fingerprint density at radius 3 is 2.81 bits per heavy atom. The van der Waals surface area contributed by atoms with Gasteiger partial charge in [0.1, 0.15) is 18.0 Å². The lowest BCUT2D eigenvalue weighted by atomic mass is 9.95. The van der Waals surface area contributed by atoms with Gasteiger partial charge in [-0.05, 0) is 44.0 Å². The van der Waals surface area contributed by atoms with Crippen molar-refractivity contribution < 1.29 is 4.39 Å². The second-order valence-corrected chi connectivity index (χ2v) is 5.32. The molecular weight excluding hydrogens is 267 g/mol. The molecule has 2 aromatic rings. The maximum Gasteiger partial charge on any atom is 0.138 e. The van der Waals surface area contributed by atoms with E-state index in [1.165, 1.54) is 6.07 Å². The van der Waals surface area contributed by atoms with Gasteiger partial charge in [-0.2, -0.15) is 5.10 Å². The average molecular weight is 290 g/mol. The lowest BCUT2D eigenvalue weighted by molar-refractivity contribution is 0.450. The second kappa shape index (κ2) is 7.88. The number of rotatable bonds is 8. The van der Waals surface area contributed by atoms with Crippen LogP contribution in [0.15, 0.2) is 30.6 Å². The van der Waals surface area contributed by atoms with Crippen LogP contribution in [0.3, 0.4) is 0 Å². The molecule has 0 aliphatic carbocycles. The van der Waals surface area contributed by atoms with Gasteiger partial charge in [0.2, 0.25) is 0 Å². The van der Waals surface area contributed by atoms with Crippen LogP contribution in [-0.4, -0.2) is 28.4 Å². The van der Waals surface area contributed by atoms with Crippen LogP contribution in [0.1, 0.15) is 24.7 Å². The van der Waals surface area contributed by atoms with Gasteiger partial charge in [0.15, 0.2) is 0 Å². The fourth-order valence-electron chi connectivity index (χ4n) is 2.58. The summed E-state index contributed by atoms with van der Waals surface area (Å²) in [4.78, 5) is 4.35. The first kappa shape index (κ1) is 15.6. The van der Waals surface area contributed by atoms with Crippen LogP contribution in [0, 0.1) is 11.7 Å². The van der Waals surface area contributed by atoms with E-state index >= 15 is 0 Å². The highest BCUT2D eigenvalue weighted by molar-refractivity contribution is 5.18. The quantitative estimate of drug-likeness (QED) is 0.812. The Morgan fingerprint density at radius 2 is 2.10 bits per heavy atom. The molecule has 114 valence electrons. The average Bonchev–Trinajstić information content (AvgIpc) is 2.89. The van der Waals surface area contributed by atoms with Gasteiger partial charge >= 0.3 is 0 Å². The van der Waals surface area contributed by atoms with Gasteiger partial charge in [0.25, 0.3) is 0 Å². The van der Waals surface area contributed by atoms with Crippen molar-refractivity contribution in [3.63, 3.8) is 0 Å². The molecule has 21 heavy (non-hydrogen) atoms. The molecule has 4 nitrogen and oxygen atoms in total. The molecule has 0 spiro atoms. The van der Waals surface area contributed by atoms with Gasteiger partial charge in [0.05, 0.1) is 0 Å². The molecule has 1 atom stereocenters. The number of hydrogen-bond acceptors (Lipinski definition) is 3. The van der Waals surface area contributed by atoms with Crippen molar-refractivity contribution in [3.8, 4) is 0 Å². The van der Waals surface area contributed by atoms with Crippen LogP contribution in [0.2, 0.25) is 0 Å². The lowest BCUT2D eigenvalue weighted by Crippen LogP contribution is -2.24. The van der Waals surface area contributed by atoms with Crippen LogP contribution >= 0.6 is 0 Å². The molecule has 0 bridgehead atoms. The zero-order chi connectivity index (χ0) is 15.1. The van der Waals surface area contributed by atoms with E-state index in [0.29, 0.717) is 12.3 Å². The summed E-state index contributed by atoms with van der Waals surface area (Å²) >= 11 is 0. The molecule has 5 heteroatoms. The molecule has 0 aliphatic rings. The summed E-state index contributed by atoms with van der Waals surface area (Å²) in [5.41, 5.74) is 0.763. The third-order valence-corrected chi connectivity index (χ3v) is 3.56. The van der Waals surface area contributed by atoms with Crippen LogP contribution in [0.5, 0.6) is 0 Å². The van der Waals surface area contributed by atoms with E-state index in [2.05, 4.69) is 22.3 Å². The maximum absolute atomic E-state index is 13.8. The van der Waals surface area contributed by atoms with Gasteiger partial charge in [-0.3, -0.25) is 4.68 Å². The van der Waals surface area contributed by atoms with E-state index in [4.69, 9.17) is 0 Å². The fourth-order valence-corrected chi connectivity index (χ4v) is 2.58. The molecular formula is C16H23FN4. The Morgan fingerprint density at radius 1 is 1.29 bits per heavy atom. The monoisotopic (exact) mass is 290 g/mol. The molecule has 0 saturated heterocycles. The zero-order valence-corrected chi connectivity index (χ0v) is 12.7. The standard InChI is InChI=1S/C16H23FN4/c1-3-8-21-16(19-12-20-21)10-13(11-18-2)9-14-6-4-5-7-15(14)17/h4-7,12-13,18H,3,8-11H2,1-2H3. The molecule has 1 unspecified atom stereocenters. The number of benzene rings is 1. The van der Waals surface area contributed by atoms with Crippen molar-refractivity contribution in [2.24, 2.45) is 5.92 Å². The Balaban J connectivity index is 2.08. The molecule has 0 fully saturated rings. The topological polar surface area (TPSA) is 42.7 Å². The van der Waals surface area contributed by atoms with Crippen LogP contribution in [0.25, 0.3) is 0 Å². The van der Waals surface area contributed by atoms with Crippen molar-refractivity contribution >= 4 is 0 Å². The molecule has 1 aromatic heterocycles. The summed E-state index contributed by atoms with van der Waals surface area (Å²) in [6.45, 7) is 3.82. The Hall–Kier alpha value is -1.75. The van der Waals surface area contributed by atoms with E-state index < -0.39 is 0 Å². The molecule has 1 heterocycles. The summed E-state index contributed by atoms with van der Waals surface area (Å²) in [7, 11) is 1.92. The molecule has 0 saturated carbocycles. The van der Waals surface area contributed by atoms with Gasteiger partial charge < -0.3 is 5.32 Å². The maximum atomic E-state index is 13.8. The number of nitrogens with one attached hydrogen (secondary N) is 1. The minimum Gasteiger partial charge on any atom is -0.319 e. The van der Waals surface area contributed by atoms with Crippen molar-refractivity contribution in [1.82, 2.24) is 20.1 Å². The molecule has 0 amide bonds. The predicted molar refractivity (Wildman–Crippen MR) is 81.5 cm³/mol. The lowest BCUT2D eigenvalue weighted by Gasteiger charge is -2.17. The summed E-state index contributed by atoms with van der Waals surface area (Å²) in [5, 5.41) is 7.45. The number of hydrogen-bond donors (Lipinski definition) is 1. The van der Waals surface area contributed by atoms with Crippen LogP contribution in [0.4, 0.5) is 4.39 Å². The van der Waals surface area contributed by atoms with Crippen molar-refractivity contribution in [3.05, 3.63) is 47.8 Å². The summed E-state index contributed by atoms with van der Waals surface area (Å²) < 4.78 is 15.8. The fraction of sp³-hybridized carbons (Fsp3) is 0.500. The highest BCUT2D eigenvalue weighted by Crippen LogP contribution is 2.16. The van der Waals surface area contributed by atoms with Crippen molar-refractivity contribution in [2.75, 3.05) is 13.6 Å². The Kier molecular flexibility index (Phi) is 5.87. The number of halogens is 1. The minimum atomic E-state index is -0.131. The summed E-state index contributed by atoms with van der Waals surface area (Å²) in [5.74, 6) is 1.15. The SMILES string of the molecule is CCCn1ncnc1CC(CNC)Cc1ccccc1F. The molecule has 1 N–H and O–H groups in total. The van der Waals surface area contributed by atoms with Gasteiger partial charge in [-0.15, -0.1) is 0 Å². The van der Waals surface area contributed by atoms with Gasteiger partial charge in [0, 0.05) is 13.0 Å². The zero-order valence-electron chi connectivity index (χ0n) is 12.7. The number of aryl methyl sites for hydroxylation is 1. The van der Waals surface area contributed by atoms with E-state index in [1.54, 1.807) is 12.4 Å². The second-order valence-electron chi connectivity index (χ2n) is 5.32. The molecule has 2 rings (SSSR count). The smallest absolute Gasteiger partial charge is 0.138 e. The number of aromatic nitrogens is 3. The molecule has 0 aliphatic heterocycles. The van der Waals surface area contributed by atoms with Crippen molar-refractivity contribution in [1.29, 1.82) is 0 Å². The Bertz CT molecular complexity index is 553. The van der Waals surface area contributed by atoms with E-state index in [-0.39, 0.29) is 5.82 Å². The molecule has 1 aromatic carbocycles. The highest BCUT2D eigenvalue weighted by atomic mass is 19.1.